The first-order valence-corrected chi connectivity index (χ1v) is 8.58. The third kappa shape index (κ3) is 5.29. The monoisotopic (exact) mass is 304 g/mol. The Kier molecular flexibility index (Phi) is 6.27. The van der Waals surface area contributed by atoms with Crippen molar-refractivity contribution in [3.05, 3.63) is 29.8 Å². The highest BCUT2D eigenvalue weighted by atomic mass is 16.5. The lowest BCUT2D eigenvalue weighted by Gasteiger charge is -2.34. The Labute approximate surface area is 136 Å². The molecule has 1 aromatic carbocycles. The normalized spacial score (nSPS) is 18.6. The van der Waals surface area contributed by atoms with Crippen molar-refractivity contribution in [1.82, 2.24) is 10.2 Å². The van der Waals surface area contributed by atoms with E-state index in [2.05, 4.69) is 55.4 Å². The molecule has 22 heavy (non-hydrogen) atoms. The molecule has 0 bridgehead atoms. The van der Waals surface area contributed by atoms with Gasteiger partial charge in [-0.1, -0.05) is 32.0 Å². The van der Waals surface area contributed by atoms with Crippen molar-refractivity contribution >= 4 is 0 Å². The van der Waals surface area contributed by atoms with E-state index in [0.29, 0.717) is 11.5 Å². The summed E-state index contributed by atoms with van der Waals surface area (Å²) in [6.07, 6.45) is 5.27. The van der Waals surface area contributed by atoms with Crippen LogP contribution in [-0.2, 0) is 6.54 Å². The predicted octanol–water partition coefficient (Wildman–Crippen LogP) is 3.69. The summed E-state index contributed by atoms with van der Waals surface area (Å²) in [4.78, 5) is 2.34. The first-order valence-electron chi connectivity index (χ1n) is 8.58. The van der Waals surface area contributed by atoms with Crippen molar-refractivity contribution in [3.8, 4) is 5.75 Å². The van der Waals surface area contributed by atoms with Crippen LogP contribution in [0.2, 0.25) is 0 Å². The summed E-state index contributed by atoms with van der Waals surface area (Å²) in [5.74, 6) is 1.07. The average molecular weight is 304 g/mol. The van der Waals surface area contributed by atoms with Gasteiger partial charge in [-0.3, -0.25) is 0 Å². The number of hydrogen-bond acceptors (Lipinski definition) is 3. The number of likely N-dealkylation sites (N-methyl/N-ethyl adjacent to an activating group) is 2. The highest BCUT2D eigenvalue weighted by Crippen LogP contribution is 2.37. The molecule has 0 aliphatic heterocycles. The van der Waals surface area contributed by atoms with E-state index in [0.717, 1.165) is 25.4 Å². The van der Waals surface area contributed by atoms with Gasteiger partial charge in [0.25, 0.3) is 0 Å². The van der Waals surface area contributed by atoms with Crippen LogP contribution in [0, 0.1) is 5.41 Å². The van der Waals surface area contributed by atoms with Crippen LogP contribution in [0.25, 0.3) is 0 Å². The van der Waals surface area contributed by atoms with Gasteiger partial charge in [0, 0.05) is 25.2 Å². The first-order chi connectivity index (χ1) is 10.5. The van der Waals surface area contributed by atoms with Crippen LogP contribution in [0.4, 0.5) is 0 Å². The second-order valence-corrected chi connectivity index (χ2v) is 7.43. The highest BCUT2D eigenvalue weighted by molar-refractivity contribution is 5.33. The summed E-state index contributed by atoms with van der Waals surface area (Å²) in [5.41, 5.74) is 1.79. The van der Waals surface area contributed by atoms with Crippen molar-refractivity contribution < 1.29 is 4.74 Å². The maximum absolute atomic E-state index is 6.34. The van der Waals surface area contributed by atoms with E-state index < -0.39 is 0 Å². The Morgan fingerprint density at radius 1 is 1.23 bits per heavy atom. The van der Waals surface area contributed by atoms with Gasteiger partial charge >= 0.3 is 0 Å². The number of nitrogens with zero attached hydrogens (tertiary/aromatic N) is 1. The molecule has 124 valence electrons. The van der Waals surface area contributed by atoms with Crippen LogP contribution in [0.3, 0.4) is 0 Å². The molecule has 0 unspecified atom stereocenters. The first kappa shape index (κ1) is 17.3. The number of rotatable bonds is 7. The Morgan fingerprint density at radius 3 is 2.59 bits per heavy atom. The number of nitrogens with one attached hydrogen (secondary N) is 1. The van der Waals surface area contributed by atoms with Gasteiger partial charge in [0.05, 0.1) is 6.10 Å². The van der Waals surface area contributed by atoms with E-state index in [-0.39, 0.29) is 0 Å². The van der Waals surface area contributed by atoms with E-state index in [1.807, 2.05) is 7.05 Å². The molecule has 0 aromatic heterocycles. The fraction of sp³-hybridized carbons (Fsp3) is 0.684. The minimum absolute atomic E-state index is 0.386. The SMILES string of the molecule is CNCCN(C)Cc1ccccc1OC1CCC(C)(C)CC1. The molecule has 1 fully saturated rings. The smallest absolute Gasteiger partial charge is 0.124 e. The summed E-state index contributed by atoms with van der Waals surface area (Å²) in [7, 11) is 4.16. The molecule has 2 rings (SSSR count). The van der Waals surface area contributed by atoms with E-state index in [1.165, 1.54) is 31.2 Å². The summed E-state index contributed by atoms with van der Waals surface area (Å²) < 4.78 is 6.34. The molecular weight excluding hydrogens is 272 g/mol. The van der Waals surface area contributed by atoms with Gasteiger partial charge in [0.1, 0.15) is 5.75 Å². The molecular formula is C19H32N2O. The van der Waals surface area contributed by atoms with E-state index >= 15 is 0 Å². The van der Waals surface area contributed by atoms with Crippen LogP contribution < -0.4 is 10.1 Å². The Balaban J connectivity index is 1.94. The molecule has 1 saturated carbocycles. The number of para-hydroxylation sites is 1. The summed E-state index contributed by atoms with van der Waals surface area (Å²) in [6, 6.07) is 8.51. The number of benzene rings is 1. The second kappa shape index (κ2) is 7.98. The summed E-state index contributed by atoms with van der Waals surface area (Å²) in [5, 5.41) is 3.20. The molecule has 1 aliphatic rings. The molecule has 3 nitrogen and oxygen atoms in total. The van der Waals surface area contributed by atoms with Gasteiger partial charge in [-0.15, -0.1) is 0 Å². The highest BCUT2D eigenvalue weighted by Gasteiger charge is 2.28. The van der Waals surface area contributed by atoms with Crippen LogP contribution in [0.1, 0.15) is 45.1 Å². The molecule has 0 saturated heterocycles. The van der Waals surface area contributed by atoms with Crippen LogP contribution in [0.5, 0.6) is 5.75 Å². The maximum Gasteiger partial charge on any atom is 0.124 e. The Morgan fingerprint density at radius 2 is 1.91 bits per heavy atom. The lowest BCUT2D eigenvalue weighted by Crippen LogP contribution is -2.29. The molecule has 1 aromatic rings. The zero-order valence-electron chi connectivity index (χ0n) is 14.7. The third-order valence-electron chi connectivity index (χ3n) is 4.74. The molecule has 1 aliphatic carbocycles. The van der Waals surface area contributed by atoms with Crippen molar-refractivity contribution in [2.24, 2.45) is 5.41 Å². The van der Waals surface area contributed by atoms with E-state index in [4.69, 9.17) is 4.74 Å². The average Bonchev–Trinajstić information content (AvgIpc) is 2.49. The standard InChI is InChI=1S/C19H32N2O/c1-19(2)11-9-17(10-12-19)22-18-8-6-5-7-16(18)15-21(4)14-13-20-3/h5-8,17,20H,9-15H2,1-4H3. The van der Waals surface area contributed by atoms with Gasteiger partial charge in [0.15, 0.2) is 0 Å². The van der Waals surface area contributed by atoms with Gasteiger partial charge in [-0.05, 0) is 51.3 Å². The predicted molar refractivity (Wildman–Crippen MR) is 93.4 cm³/mol. The molecule has 0 atom stereocenters. The molecule has 0 radical (unpaired) electrons. The van der Waals surface area contributed by atoms with Crippen molar-refractivity contribution in [2.75, 3.05) is 27.2 Å². The fourth-order valence-electron chi connectivity index (χ4n) is 3.09. The third-order valence-corrected chi connectivity index (χ3v) is 4.74. The van der Waals surface area contributed by atoms with Crippen LogP contribution in [-0.4, -0.2) is 38.2 Å². The summed E-state index contributed by atoms with van der Waals surface area (Å²) >= 11 is 0. The van der Waals surface area contributed by atoms with Gasteiger partial charge in [-0.25, -0.2) is 0 Å². The van der Waals surface area contributed by atoms with Gasteiger partial charge < -0.3 is 15.0 Å². The van der Waals surface area contributed by atoms with E-state index in [1.54, 1.807) is 0 Å². The lowest BCUT2D eigenvalue weighted by molar-refractivity contribution is 0.0972. The molecule has 3 heteroatoms. The van der Waals surface area contributed by atoms with E-state index in [9.17, 15) is 0 Å². The second-order valence-electron chi connectivity index (χ2n) is 7.43. The van der Waals surface area contributed by atoms with Crippen molar-refractivity contribution in [1.29, 1.82) is 0 Å². The largest absolute Gasteiger partial charge is 0.490 e. The quantitative estimate of drug-likeness (QED) is 0.831. The van der Waals surface area contributed by atoms with Crippen LogP contribution in [0.15, 0.2) is 24.3 Å². The maximum atomic E-state index is 6.34. The molecule has 0 amide bonds. The van der Waals surface area contributed by atoms with Crippen LogP contribution >= 0.6 is 0 Å². The molecule has 0 spiro atoms. The molecule has 0 heterocycles. The minimum atomic E-state index is 0.386. The zero-order chi connectivity index (χ0) is 16.0. The topological polar surface area (TPSA) is 24.5 Å². The number of hydrogen-bond donors (Lipinski definition) is 1. The van der Waals surface area contributed by atoms with Gasteiger partial charge in [-0.2, -0.15) is 0 Å². The summed E-state index contributed by atoms with van der Waals surface area (Å²) in [6.45, 7) is 7.73. The van der Waals surface area contributed by atoms with Gasteiger partial charge in [0.2, 0.25) is 0 Å². The fourth-order valence-corrected chi connectivity index (χ4v) is 3.09. The lowest BCUT2D eigenvalue weighted by atomic mass is 9.76. The van der Waals surface area contributed by atoms with Crippen molar-refractivity contribution in [3.63, 3.8) is 0 Å². The number of ether oxygens (including phenoxy) is 1. The Bertz CT molecular complexity index is 449. The zero-order valence-corrected chi connectivity index (χ0v) is 14.7. The van der Waals surface area contributed by atoms with Crippen molar-refractivity contribution in [2.45, 2.75) is 52.2 Å². The minimum Gasteiger partial charge on any atom is -0.490 e. The molecule has 1 N–H and O–H groups in total. The Hall–Kier alpha value is -1.06.